The number of aliphatic hydroxyl groups is 1. The van der Waals surface area contributed by atoms with Gasteiger partial charge in [-0.3, -0.25) is 14.5 Å². The molecule has 2 aromatic rings. The molecule has 2 aromatic carbocycles. The normalized spacial score (nSPS) is 20.0. The lowest BCUT2D eigenvalue weighted by molar-refractivity contribution is -0.140. The third kappa shape index (κ3) is 5.17. The fourth-order valence-electron chi connectivity index (χ4n) is 4.67. The van der Waals surface area contributed by atoms with Crippen molar-refractivity contribution in [3.05, 3.63) is 59.2 Å². The van der Waals surface area contributed by atoms with Crippen LogP contribution in [-0.4, -0.2) is 87.3 Å². The van der Waals surface area contributed by atoms with E-state index in [-0.39, 0.29) is 11.3 Å². The van der Waals surface area contributed by atoms with Gasteiger partial charge in [0.25, 0.3) is 11.7 Å². The third-order valence-corrected chi connectivity index (χ3v) is 6.60. The molecule has 0 bridgehead atoms. The minimum Gasteiger partial charge on any atom is -0.507 e. The number of methoxy groups -OCH3 is 3. The Hall–Kier alpha value is -3.56. The van der Waals surface area contributed by atoms with E-state index in [9.17, 15) is 14.7 Å². The highest BCUT2D eigenvalue weighted by Gasteiger charge is 2.46. The number of ketones is 1. The molecule has 0 aliphatic carbocycles. The molecule has 0 unspecified atom stereocenters. The molecule has 2 saturated heterocycles. The number of Topliss-reactive ketones (excluding diaryl/α,β-unsaturated/α-hetero) is 1. The van der Waals surface area contributed by atoms with Crippen molar-refractivity contribution in [1.29, 1.82) is 0 Å². The molecule has 9 heteroatoms. The van der Waals surface area contributed by atoms with Crippen molar-refractivity contribution in [2.45, 2.75) is 12.5 Å². The van der Waals surface area contributed by atoms with Gasteiger partial charge in [-0.05, 0) is 48.4 Å². The average molecular weight is 497 g/mol. The Morgan fingerprint density at radius 3 is 2.28 bits per heavy atom. The second kappa shape index (κ2) is 11.5. The van der Waals surface area contributed by atoms with Gasteiger partial charge in [0.1, 0.15) is 11.5 Å². The Balaban J connectivity index is 1.71. The zero-order valence-electron chi connectivity index (χ0n) is 20.9. The predicted octanol–water partition coefficient (Wildman–Crippen LogP) is 2.86. The Bertz CT molecular complexity index is 1120. The van der Waals surface area contributed by atoms with Gasteiger partial charge in [-0.15, -0.1) is 0 Å². The zero-order valence-corrected chi connectivity index (χ0v) is 20.9. The van der Waals surface area contributed by atoms with Crippen molar-refractivity contribution in [3.63, 3.8) is 0 Å². The van der Waals surface area contributed by atoms with Crippen LogP contribution in [0.5, 0.6) is 17.2 Å². The number of carbonyl (C=O) groups excluding carboxylic acids is 2. The van der Waals surface area contributed by atoms with Crippen LogP contribution in [0.25, 0.3) is 5.76 Å². The van der Waals surface area contributed by atoms with Gasteiger partial charge in [-0.2, -0.15) is 0 Å². The summed E-state index contributed by atoms with van der Waals surface area (Å²) in [6.07, 6.45) is 0.680. The van der Waals surface area contributed by atoms with Crippen molar-refractivity contribution < 1.29 is 33.6 Å². The van der Waals surface area contributed by atoms with Gasteiger partial charge in [0.15, 0.2) is 11.5 Å². The van der Waals surface area contributed by atoms with E-state index in [1.807, 2.05) is 0 Å². The summed E-state index contributed by atoms with van der Waals surface area (Å²) >= 11 is 0. The first kappa shape index (κ1) is 25.5. The quantitative estimate of drug-likeness (QED) is 0.322. The van der Waals surface area contributed by atoms with Crippen LogP contribution in [-0.2, 0) is 14.3 Å². The second-order valence-corrected chi connectivity index (χ2v) is 8.64. The molecule has 0 spiro atoms. The van der Waals surface area contributed by atoms with E-state index in [1.165, 1.54) is 7.11 Å². The van der Waals surface area contributed by atoms with Gasteiger partial charge < -0.3 is 29.0 Å². The standard InChI is InChI=1S/C27H32N2O7/c1-33-20-8-5-18(6-9-20)25(30)23-24(19-7-10-21(34-2)22(17-19)35-3)29(27(32)26(23)31)12-4-11-28-13-15-36-16-14-28/h5-10,17,24,30H,4,11-16H2,1-3H3/b25-23+/t24-/m0/s1. The van der Waals surface area contributed by atoms with E-state index in [2.05, 4.69) is 4.90 Å². The molecule has 192 valence electrons. The highest BCUT2D eigenvalue weighted by atomic mass is 16.5. The van der Waals surface area contributed by atoms with Gasteiger partial charge in [0, 0.05) is 31.7 Å². The number of likely N-dealkylation sites (tertiary alicyclic amines) is 1. The first-order chi connectivity index (χ1) is 17.5. The van der Waals surface area contributed by atoms with E-state index >= 15 is 0 Å². The van der Waals surface area contributed by atoms with Gasteiger partial charge in [-0.25, -0.2) is 0 Å². The van der Waals surface area contributed by atoms with Crippen LogP contribution in [0, 0.1) is 0 Å². The highest BCUT2D eigenvalue weighted by Crippen LogP contribution is 2.42. The number of morpholine rings is 1. The molecule has 1 amide bonds. The van der Waals surface area contributed by atoms with E-state index in [0.717, 1.165) is 19.6 Å². The molecule has 2 heterocycles. The molecular weight excluding hydrogens is 464 g/mol. The van der Waals surface area contributed by atoms with Crippen LogP contribution in [0.1, 0.15) is 23.6 Å². The minimum atomic E-state index is -0.767. The summed E-state index contributed by atoms with van der Waals surface area (Å²) in [4.78, 5) is 30.3. The van der Waals surface area contributed by atoms with Crippen molar-refractivity contribution in [3.8, 4) is 17.2 Å². The number of hydrogen-bond acceptors (Lipinski definition) is 8. The van der Waals surface area contributed by atoms with E-state index in [1.54, 1.807) is 61.6 Å². The molecule has 1 atom stereocenters. The Kier molecular flexibility index (Phi) is 8.12. The summed E-state index contributed by atoms with van der Waals surface area (Å²) in [5, 5.41) is 11.2. The number of hydrogen-bond donors (Lipinski definition) is 1. The van der Waals surface area contributed by atoms with E-state index in [4.69, 9.17) is 18.9 Å². The molecule has 9 nitrogen and oxygen atoms in total. The molecule has 2 fully saturated rings. The van der Waals surface area contributed by atoms with Crippen molar-refractivity contribution in [2.24, 2.45) is 0 Å². The van der Waals surface area contributed by atoms with Crippen LogP contribution in [0.15, 0.2) is 48.0 Å². The molecule has 36 heavy (non-hydrogen) atoms. The average Bonchev–Trinajstić information content (AvgIpc) is 3.18. The SMILES string of the molecule is COc1ccc(/C(O)=C2\C(=O)C(=O)N(CCCN3CCOCC3)[C@H]2c2ccc(OC)c(OC)c2)cc1. The van der Waals surface area contributed by atoms with Crippen LogP contribution in [0.2, 0.25) is 0 Å². The molecule has 2 aliphatic heterocycles. The number of amides is 1. The second-order valence-electron chi connectivity index (χ2n) is 8.64. The fraction of sp³-hybridized carbons (Fsp3) is 0.407. The molecule has 2 aliphatic rings. The third-order valence-electron chi connectivity index (χ3n) is 6.60. The molecule has 4 rings (SSSR count). The Morgan fingerprint density at radius 2 is 1.64 bits per heavy atom. The largest absolute Gasteiger partial charge is 0.507 e. The minimum absolute atomic E-state index is 0.0451. The highest BCUT2D eigenvalue weighted by molar-refractivity contribution is 6.46. The summed E-state index contributed by atoms with van der Waals surface area (Å²) in [6, 6.07) is 11.2. The number of nitrogens with zero attached hydrogens (tertiary/aromatic N) is 2. The lowest BCUT2D eigenvalue weighted by Crippen LogP contribution is -2.38. The molecular formula is C27H32N2O7. The summed E-state index contributed by atoms with van der Waals surface area (Å²) < 4.78 is 21.4. The van der Waals surface area contributed by atoms with Gasteiger partial charge in [0.05, 0.1) is 46.2 Å². The monoisotopic (exact) mass is 496 g/mol. The summed E-state index contributed by atoms with van der Waals surface area (Å²) in [5.74, 6) is 0.0401. The van der Waals surface area contributed by atoms with Crippen LogP contribution in [0.3, 0.4) is 0 Å². The maximum Gasteiger partial charge on any atom is 0.295 e. The van der Waals surface area contributed by atoms with Gasteiger partial charge >= 0.3 is 0 Å². The van der Waals surface area contributed by atoms with Crippen LogP contribution in [0.4, 0.5) is 0 Å². The molecule has 1 N–H and O–H groups in total. The first-order valence-electron chi connectivity index (χ1n) is 11.9. The maximum atomic E-state index is 13.3. The van der Waals surface area contributed by atoms with Gasteiger partial charge in [0.2, 0.25) is 0 Å². The fourth-order valence-corrected chi connectivity index (χ4v) is 4.67. The number of aliphatic hydroxyl groups excluding tert-OH is 1. The summed E-state index contributed by atoms with van der Waals surface area (Å²) in [6.45, 7) is 4.21. The van der Waals surface area contributed by atoms with E-state index in [0.29, 0.717) is 54.6 Å². The summed E-state index contributed by atoms with van der Waals surface area (Å²) in [7, 11) is 4.62. The molecule has 0 radical (unpaired) electrons. The lowest BCUT2D eigenvalue weighted by atomic mass is 9.95. The van der Waals surface area contributed by atoms with E-state index < -0.39 is 17.7 Å². The van der Waals surface area contributed by atoms with Gasteiger partial charge in [-0.1, -0.05) is 6.07 Å². The predicted molar refractivity (Wildman–Crippen MR) is 133 cm³/mol. The van der Waals surface area contributed by atoms with Crippen molar-refractivity contribution in [2.75, 3.05) is 60.7 Å². The lowest BCUT2D eigenvalue weighted by Gasteiger charge is -2.29. The number of benzene rings is 2. The topological polar surface area (TPSA) is 97.8 Å². The van der Waals surface area contributed by atoms with Crippen LogP contribution < -0.4 is 14.2 Å². The first-order valence-corrected chi connectivity index (χ1v) is 11.9. The Labute approximate surface area is 210 Å². The maximum absolute atomic E-state index is 13.3. The van der Waals surface area contributed by atoms with Crippen molar-refractivity contribution >= 4 is 17.4 Å². The molecule has 0 saturated carbocycles. The number of carbonyl (C=O) groups is 2. The van der Waals surface area contributed by atoms with Crippen LogP contribution >= 0.6 is 0 Å². The zero-order chi connectivity index (χ0) is 25.7. The summed E-state index contributed by atoms with van der Waals surface area (Å²) in [5.41, 5.74) is 1.12. The number of rotatable bonds is 9. The number of ether oxygens (including phenoxy) is 4. The van der Waals surface area contributed by atoms with Crippen molar-refractivity contribution in [1.82, 2.24) is 9.80 Å². The Morgan fingerprint density at radius 1 is 0.944 bits per heavy atom. The smallest absolute Gasteiger partial charge is 0.295 e. The molecule has 0 aromatic heterocycles.